The Labute approximate surface area is 144 Å². The molecule has 0 atom stereocenters. The topological polar surface area (TPSA) is 67.0 Å². The van der Waals surface area contributed by atoms with Gasteiger partial charge >= 0.3 is 0 Å². The maximum atomic E-state index is 13.1. The standard InChI is InChI=1S/C19H18FN3O2/c1-12(2)25-16-9-7-15(8-10-16)22-19(24)17-11-21-23-18(17)13-3-5-14(20)6-4-13/h3-12H,1-2H3,(H,21,23)(H,22,24). The summed E-state index contributed by atoms with van der Waals surface area (Å²) in [6.07, 6.45) is 1.54. The van der Waals surface area contributed by atoms with Crippen LogP contribution in [-0.2, 0) is 0 Å². The van der Waals surface area contributed by atoms with Gasteiger partial charge < -0.3 is 10.1 Å². The lowest BCUT2D eigenvalue weighted by molar-refractivity contribution is 0.102. The van der Waals surface area contributed by atoms with Crippen molar-refractivity contribution in [1.29, 1.82) is 0 Å². The van der Waals surface area contributed by atoms with Crippen molar-refractivity contribution >= 4 is 11.6 Å². The fraction of sp³-hybridized carbons (Fsp3) is 0.158. The third-order valence-electron chi connectivity index (χ3n) is 3.50. The summed E-state index contributed by atoms with van der Waals surface area (Å²) in [5.74, 6) is 0.104. The molecule has 2 N–H and O–H groups in total. The number of rotatable bonds is 5. The SMILES string of the molecule is CC(C)Oc1ccc(NC(=O)c2cn[nH]c2-c2ccc(F)cc2)cc1. The van der Waals surface area contributed by atoms with Crippen LogP contribution in [0.5, 0.6) is 5.75 Å². The first-order valence-electron chi connectivity index (χ1n) is 7.90. The molecule has 1 heterocycles. The van der Waals surface area contributed by atoms with Crippen LogP contribution in [0.2, 0.25) is 0 Å². The highest BCUT2D eigenvalue weighted by Crippen LogP contribution is 2.23. The van der Waals surface area contributed by atoms with Crippen LogP contribution in [0, 0.1) is 5.82 Å². The van der Waals surface area contributed by atoms with Crippen LogP contribution < -0.4 is 10.1 Å². The van der Waals surface area contributed by atoms with E-state index in [-0.39, 0.29) is 17.8 Å². The molecule has 25 heavy (non-hydrogen) atoms. The number of anilines is 1. The van der Waals surface area contributed by atoms with Crippen LogP contribution in [0.25, 0.3) is 11.3 Å². The largest absolute Gasteiger partial charge is 0.491 e. The molecule has 0 aliphatic carbocycles. The highest BCUT2D eigenvalue weighted by Gasteiger charge is 2.15. The first kappa shape index (κ1) is 16.7. The van der Waals surface area contributed by atoms with E-state index in [0.29, 0.717) is 22.5 Å². The zero-order chi connectivity index (χ0) is 17.8. The first-order chi connectivity index (χ1) is 12.0. The van der Waals surface area contributed by atoms with Crippen LogP contribution in [0.4, 0.5) is 10.1 Å². The van der Waals surface area contributed by atoms with Gasteiger partial charge in [0.15, 0.2) is 0 Å². The fourth-order valence-electron chi connectivity index (χ4n) is 2.38. The van der Waals surface area contributed by atoms with Gasteiger partial charge in [0.05, 0.1) is 23.6 Å². The maximum absolute atomic E-state index is 13.1. The van der Waals surface area contributed by atoms with Gasteiger partial charge in [-0.1, -0.05) is 0 Å². The zero-order valence-corrected chi connectivity index (χ0v) is 13.9. The highest BCUT2D eigenvalue weighted by atomic mass is 19.1. The lowest BCUT2D eigenvalue weighted by Crippen LogP contribution is -2.12. The molecule has 2 aromatic carbocycles. The third kappa shape index (κ3) is 4.03. The third-order valence-corrected chi connectivity index (χ3v) is 3.50. The van der Waals surface area contributed by atoms with E-state index in [4.69, 9.17) is 4.74 Å². The van der Waals surface area contributed by atoms with Gasteiger partial charge in [0.25, 0.3) is 5.91 Å². The Kier molecular flexibility index (Phi) is 4.79. The summed E-state index contributed by atoms with van der Waals surface area (Å²) in [6, 6.07) is 13.0. The molecule has 0 spiro atoms. The number of carbonyl (C=O) groups is 1. The molecule has 0 aliphatic heterocycles. The number of benzene rings is 2. The van der Waals surface area contributed by atoms with Crippen molar-refractivity contribution in [3.63, 3.8) is 0 Å². The van der Waals surface area contributed by atoms with Crippen LogP contribution in [0.1, 0.15) is 24.2 Å². The molecule has 6 heteroatoms. The number of halogens is 1. The number of nitrogens with zero attached hydrogens (tertiary/aromatic N) is 1. The van der Waals surface area contributed by atoms with Crippen molar-refractivity contribution in [2.75, 3.05) is 5.32 Å². The number of ether oxygens (including phenoxy) is 1. The molecule has 3 aromatic rings. The van der Waals surface area contributed by atoms with Gasteiger partial charge in [0.2, 0.25) is 0 Å². The zero-order valence-electron chi connectivity index (χ0n) is 13.9. The van der Waals surface area contributed by atoms with Crippen LogP contribution >= 0.6 is 0 Å². The first-order valence-corrected chi connectivity index (χ1v) is 7.90. The Morgan fingerprint density at radius 3 is 2.44 bits per heavy atom. The van der Waals surface area contributed by atoms with Crippen molar-refractivity contribution < 1.29 is 13.9 Å². The average molecular weight is 339 g/mol. The van der Waals surface area contributed by atoms with E-state index in [0.717, 1.165) is 5.75 Å². The minimum atomic E-state index is -0.335. The van der Waals surface area contributed by atoms with Gasteiger partial charge in [-0.2, -0.15) is 5.10 Å². The number of hydrogen-bond acceptors (Lipinski definition) is 3. The van der Waals surface area contributed by atoms with E-state index in [9.17, 15) is 9.18 Å². The second kappa shape index (κ2) is 7.17. The normalized spacial score (nSPS) is 10.7. The number of aromatic amines is 1. The Hall–Kier alpha value is -3.15. The smallest absolute Gasteiger partial charge is 0.259 e. The second-order valence-electron chi connectivity index (χ2n) is 5.81. The van der Waals surface area contributed by atoms with Gasteiger partial charge in [0.1, 0.15) is 11.6 Å². The summed E-state index contributed by atoms with van der Waals surface area (Å²) in [4.78, 5) is 12.5. The molecular formula is C19H18FN3O2. The number of aromatic nitrogens is 2. The number of nitrogens with one attached hydrogen (secondary N) is 2. The number of hydrogen-bond donors (Lipinski definition) is 2. The molecule has 0 radical (unpaired) electrons. The fourth-order valence-corrected chi connectivity index (χ4v) is 2.38. The Morgan fingerprint density at radius 1 is 1.12 bits per heavy atom. The predicted molar refractivity (Wildman–Crippen MR) is 94.1 cm³/mol. The Balaban J connectivity index is 1.76. The maximum Gasteiger partial charge on any atom is 0.259 e. The summed E-state index contributed by atoms with van der Waals surface area (Å²) >= 11 is 0. The highest BCUT2D eigenvalue weighted by molar-refractivity contribution is 6.08. The van der Waals surface area contributed by atoms with Gasteiger partial charge in [-0.25, -0.2) is 4.39 Å². The summed E-state index contributed by atoms with van der Waals surface area (Å²) < 4.78 is 18.6. The number of H-pyrrole nitrogens is 1. The quantitative estimate of drug-likeness (QED) is 0.730. The monoisotopic (exact) mass is 339 g/mol. The van der Waals surface area contributed by atoms with Crippen LogP contribution in [0.3, 0.4) is 0 Å². The molecular weight excluding hydrogens is 321 g/mol. The summed E-state index contributed by atoms with van der Waals surface area (Å²) in [5.41, 5.74) is 2.25. The average Bonchev–Trinajstić information content (AvgIpc) is 3.06. The minimum Gasteiger partial charge on any atom is -0.491 e. The number of amides is 1. The van der Waals surface area contributed by atoms with Crippen molar-refractivity contribution in [3.05, 3.63) is 66.1 Å². The predicted octanol–water partition coefficient (Wildman–Crippen LogP) is 4.26. The Bertz CT molecular complexity index is 855. The molecule has 0 aliphatic rings. The molecule has 0 bridgehead atoms. The minimum absolute atomic E-state index is 0.0876. The van der Waals surface area contributed by atoms with Gasteiger partial charge in [-0.05, 0) is 62.4 Å². The van der Waals surface area contributed by atoms with E-state index in [1.807, 2.05) is 13.8 Å². The Morgan fingerprint density at radius 2 is 1.80 bits per heavy atom. The molecule has 0 saturated heterocycles. The molecule has 128 valence electrons. The van der Waals surface area contributed by atoms with Gasteiger partial charge in [0, 0.05) is 11.3 Å². The van der Waals surface area contributed by atoms with E-state index in [2.05, 4.69) is 15.5 Å². The molecule has 1 aromatic heterocycles. The molecule has 0 unspecified atom stereocenters. The number of carbonyl (C=O) groups excluding carboxylic acids is 1. The lowest BCUT2D eigenvalue weighted by Gasteiger charge is -2.10. The molecule has 0 fully saturated rings. The van der Waals surface area contributed by atoms with E-state index >= 15 is 0 Å². The van der Waals surface area contributed by atoms with Crippen molar-refractivity contribution in [2.45, 2.75) is 20.0 Å². The van der Waals surface area contributed by atoms with Crippen LogP contribution in [0.15, 0.2) is 54.7 Å². The summed E-state index contributed by atoms with van der Waals surface area (Å²) in [5, 5.41) is 9.53. The van der Waals surface area contributed by atoms with E-state index in [1.54, 1.807) is 36.4 Å². The van der Waals surface area contributed by atoms with Gasteiger partial charge in [-0.15, -0.1) is 0 Å². The van der Waals surface area contributed by atoms with Crippen molar-refractivity contribution in [2.24, 2.45) is 0 Å². The van der Waals surface area contributed by atoms with Crippen molar-refractivity contribution in [1.82, 2.24) is 10.2 Å². The van der Waals surface area contributed by atoms with Crippen molar-refractivity contribution in [3.8, 4) is 17.0 Å². The summed E-state index contributed by atoms with van der Waals surface area (Å²) in [7, 11) is 0. The molecule has 0 saturated carbocycles. The van der Waals surface area contributed by atoms with E-state index < -0.39 is 0 Å². The van der Waals surface area contributed by atoms with E-state index in [1.165, 1.54) is 18.3 Å². The lowest BCUT2D eigenvalue weighted by atomic mass is 10.1. The summed E-state index contributed by atoms with van der Waals surface area (Å²) in [6.45, 7) is 3.90. The van der Waals surface area contributed by atoms with Crippen LogP contribution in [-0.4, -0.2) is 22.2 Å². The molecule has 1 amide bonds. The molecule has 3 rings (SSSR count). The second-order valence-corrected chi connectivity index (χ2v) is 5.81. The van der Waals surface area contributed by atoms with Gasteiger partial charge in [-0.3, -0.25) is 9.89 Å². The molecule has 5 nitrogen and oxygen atoms in total.